The van der Waals surface area contributed by atoms with Crippen molar-refractivity contribution in [1.29, 1.82) is 0 Å². The summed E-state index contributed by atoms with van der Waals surface area (Å²) < 4.78 is 8.70. The van der Waals surface area contributed by atoms with Gasteiger partial charge in [-0.2, -0.15) is 0 Å². The van der Waals surface area contributed by atoms with E-state index in [9.17, 15) is 14.7 Å². The standard InChI is InChI=1S/C26H39N3O4S/c1-26-13-12-19-18-9-7-17(30)15-16(18)6-8-20(19)21(26)10-11-23(26)33-25(32)28-14-4-3-5-22(29-34)24(31)27-2/h7,9,15,19-23,29-30,34H,3-6,8,10-14H2,1-2H3,(H,27,31)(H,28,32)/t19?,20?,21?,22-,23?,26?/m0/s1. The lowest BCUT2D eigenvalue weighted by Gasteiger charge is -2.50. The van der Waals surface area contributed by atoms with Gasteiger partial charge in [0.25, 0.3) is 0 Å². The van der Waals surface area contributed by atoms with E-state index in [1.165, 1.54) is 11.1 Å². The number of ether oxygens (including phenoxy) is 1. The summed E-state index contributed by atoms with van der Waals surface area (Å²) in [5, 5.41) is 15.4. The molecule has 3 aliphatic rings. The summed E-state index contributed by atoms with van der Waals surface area (Å²) in [5.41, 5.74) is 2.76. The van der Waals surface area contributed by atoms with Gasteiger partial charge in [0.15, 0.2) is 0 Å². The first-order chi connectivity index (χ1) is 16.4. The molecule has 4 rings (SSSR count). The summed E-state index contributed by atoms with van der Waals surface area (Å²) in [7, 11) is 1.61. The van der Waals surface area contributed by atoms with Crippen molar-refractivity contribution < 1.29 is 19.4 Å². The molecule has 0 aliphatic heterocycles. The van der Waals surface area contributed by atoms with Crippen molar-refractivity contribution in [3.8, 4) is 5.75 Å². The number of hydrogen-bond donors (Lipinski definition) is 5. The topological polar surface area (TPSA) is 99.7 Å². The molecular weight excluding hydrogens is 450 g/mol. The van der Waals surface area contributed by atoms with Gasteiger partial charge in [0, 0.05) is 19.0 Å². The molecule has 2 amide bonds. The number of aromatic hydroxyl groups is 1. The second-order valence-corrected chi connectivity index (χ2v) is 10.8. The minimum absolute atomic E-state index is 0.0336. The van der Waals surface area contributed by atoms with Gasteiger partial charge in [-0.3, -0.25) is 9.52 Å². The first-order valence-electron chi connectivity index (χ1n) is 12.7. The number of hydrogen-bond acceptors (Lipinski definition) is 6. The molecule has 2 fully saturated rings. The summed E-state index contributed by atoms with van der Waals surface area (Å²) in [4.78, 5) is 24.2. The molecule has 34 heavy (non-hydrogen) atoms. The van der Waals surface area contributed by atoms with Crippen LogP contribution in [0.5, 0.6) is 5.75 Å². The van der Waals surface area contributed by atoms with E-state index in [0.29, 0.717) is 36.5 Å². The zero-order valence-electron chi connectivity index (χ0n) is 20.3. The lowest BCUT2D eigenvalue weighted by atomic mass is 9.55. The number of amides is 2. The summed E-state index contributed by atoms with van der Waals surface area (Å²) in [6.07, 6.45) is 8.27. The van der Waals surface area contributed by atoms with Crippen LogP contribution >= 0.6 is 12.8 Å². The number of unbranched alkanes of at least 4 members (excludes halogenated alkanes) is 1. The van der Waals surface area contributed by atoms with Crippen LogP contribution in [0.3, 0.4) is 0 Å². The van der Waals surface area contributed by atoms with Crippen molar-refractivity contribution in [2.24, 2.45) is 17.3 Å². The molecule has 7 nitrogen and oxygen atoms in total. The molecule has 3 aliphatic carbocycles. The van der Waals surface area contributed by atoms with Crippen LogP contribution < -0.4 is 15.4 Å². The van der Waals surface area contributed by atoms with Crippen LogP contribution in [0.2, 0.25) is 0 Å². The number of carbonyl (C=O) groups excluding carboxylic acids is 2. The van der Waals surface area contributed by atoms with Gasteiger partial charge in [-0.05, 0) is 98.8 Å². The fourth-order valence-electron chi connectivity index (χ4n) is 6.98. The zero-order valence-corrected chi connectivity index (χ0v) is 21.2. The highest BCUT2D eigenvalue weighted by Gasteiger charge is 2.56. The quantitative estimate of drug-likeness (QED) is 0.280. The number of rotatable bonds is 8. The molecule has 0 aromatic heterocycles. The molecule has 188 valence electrons. The number of carbonyl (C=O) groups is 2. The molecule has 2 saturated carbocycles. The van der Waals surface area contributed by atoms with Gasteiger partial charge in [0.1, 0.15) is 11.9 Å². The molecular formula is C26H39N3O4S. The fraction of sp³-hybridized carbons (Fsp3) is 0.692. The maximum absolute atomic E-state index is 12.6. The minimum atomic E-state index is -0.330. The molecule has 1 aromatic carbocycles. The number of nitrogens with one attached hydrogen (secondary N) is 3. The number of phenols is 1. The van der Waals surface area contributed by atoms with Gasteiger partial charge in [-0.25, -0.2) is 4.79 Å². The molecule has 5 unspecified atom stereocenters. The lowest BCUT2D eigenvalue weighted by molar-refractivity contribution is -0.122. The Morgan fingerprint density at radius 1 is 1.24 bits per heavy atom. The van der Waals surface area contributed by atoms with Gasteiger partial charge in [-0.1, -0.05) is 25.8 Å². The molecule has 0 spiro atoms. The van der Waals surface area contributed by atoms with Crippen LogP contribution in [0.1, 0.15) is 75.3 Å². The van der Waals surface area contributed by atoms with E-state index in [0.717, 1.165) is 51.4 Å². The normalized spacial score (nSPS) is 30.4. The Balaban J connectivity index is 1.26. The molecule has 6 atom stereocenters. The van der Waals surface area contributed by atoms with Crippen LogP contribution in [0.15, 0.2) is 18.2 Å². The maximum Gasteiger partial charge on any atom is 0.407 e. The van der Waals surface area contributed by atoms with Crippen LogP contribution in [-0.4, -0.2) is 42.8 Å². The summed E-state index contributed by atoms with van der Waals surface area (Å²) in [5.74, 6) is 2.03. The maximum atomic E-state index is 12.6. The summed E-state index contributed by atoms with van der Waals surface area (Å²) in [6, 6.07) is 5.57. The lowest BCUT2D eigenvalue weighted by Crippen LogP contribution is -2.46. The second-order valence-electron chi connectivity index (χ2n) is 10.5. The van der Waals surface area contributed by atoms with Gasteiger partial charge in [0.05, 0.1) is 6.04 Å². The molecule has 0 heterocycles. The van der Waals surface area contributed by atoms with Gasteiger partial charge < -0.3 is 20.5 Å². The average molecular weight is 490 g/mol. The van der Waals surface area contributed by atoms with E-state index in [1.54, 1.807) is 7.05 Å². The Labute approximate surface area is 208 Å². The molecule has 1 aromatic rings. The van der Waals surface area contributed by atoms with Gasteiger partial charge in [-0.15, -0.1) is 0 Å². The zero-order chi connectivity index (χ0) is 24.3. The summed E-state index contributed by atoms with van der Waals surface area (Å²) in [6.45, 7) is 2.86. The van der Waals surface area contributed by atoms with E-state index in [2.05, 4.69) is 41.2 Å². The smallest absolute Gasteiger partial charge is 0.407 e. The minimum Gasteiger partial charge on any atom is -0.508 e. The van der Waals surface area contributed by atoms with Crippen molar-refractivity contribution in [2.75, 3.05) is 13.6 Å². The Morgan fingerprint density at radius 2 is 2.06 bits per heavy atom. The van der Waals surface area contributed by atoms with Gasteiger partial charge in [0.2, 0.25) is 5.91 Å². The monoisotopic (exact) mass is 489 g/mol. The first kappa shape index (κ1) is 25.2. The number of fused-ring (bicyclic) bond motifs is 5. The van der Waals surface area contributed by atoms with E-state index >= 15 is 0 Å². The van der Waals surface area contributed by atoms with E-state index in [1.807, 2.05) is 12.1 Å². The molecule has 0 saturated heterocycles. The van der Waals surface area contributed by atoms with E-state index in [4.69, 9.17) is 4.74 Å². The van der Waals surface area contributed by atoms with Crippen molar-refractivity contribution in [1.82, 2.24) is 15.4 Å². The Hall–Kier alpha value is -1.93. The van der Waals surface area contributed by atoms with Crippen LogP contribution in [0, 0.1) is 17.3 Å². The third-order valence-electron chi connectivity index (χ3n) is 8.78. The number of phenolic OH excluding ortho intramolecular Hbond substituents is 1. The average Bonchev–Trinajstić information content (AvgIpc) is 3.16. The SMILES string of the molecule is CNC(=O)[C@H](CCCCNC(=O)OC1CCC2C3CCc4cc(O)ccc4C3CCC12C)NS. The van der Waals surface area contributed by atoms with E-state index in [-0.39, 0.29) is 29.6 Å². The van der Waals surface area contributed by atoms with Crippen molar-refractivity contribution in [3.63, 3.8) is 0 Å². The second kappa shape index (κ2) is 10.8. The van der Waals surface area contributed by atoms with Crippen molar-refractivity contribution in [3.05, 3.63) is 29.3 Å². The van der Waals surface area contributed by atoms with E-state index < -0.39 is 0 Å². The highest BCUT2D eigenvalue weighted by atomic mass is 32.1. The van der Waals surface area contributed by atoms with Crippen molar-refractivity contribution >= 4 is 24.8 Å². The molecule has 0 radical (unpaired) electrons. The number of alkyl carbamates (subject to hydrolysis) is 1. The van der Waals surface area contributed by atoms with Gasteiger partial charge >= 0.3 is 6.09 Å². The Bertz CT molecular complexity index is 897. The van der Waals surface area contributed by atoms with Crippen molar-refractivity contribution in [2.45, 2.75) is 82.8 Å². The third-order valence-corrected chi connectivity index (χ3v) is 9.09. The molecule has 8 heteroatoms. The number of likely N-dealkylation sites (N-methyl/N-ethyl adjacent to an activating group) is 1. The predicted molar refractivity (Wildman–Crippen MR) is 135 cm³/mol. The molecule has 4 N–H and O–H groups in total. The first-order valence-corrected chi connectivity index (χ1v) is 13.2. The predicted octanol–water partition coefficient (Wildman–Crippen LogP) is 4.06. The summed E-state index contributed by atoms with van der Waals surface area (Å²) >= 11 is 4.01. The number of thiol groups is 1. The molecule has 0 bridgehead atoms. The Kier molecular flexibility index (Phi) is 7.97. The van der Waals surface area contributed by atoms with Crippen LogP contribution in [-0.2, 0) is 16.0 Å². The third kappa shape index (κ3) is 5.03. The van der Waals surface area contributed by atoms with Crippen LogP contribution in [0.4, 0.5) is 4.79 Å². The number of benzene rings is 1. The highest BCUT2D eigenvalue weighted by molar-refractivity contribution is 7.78. The highest BCUT2D eigenvalue weighted by Crippen LogP contribution is 2.61. The Morgan fingerprint density at radius 3 is 2.82 bits per heavy atom. The largest absolute Gasteiger partial charge is 0.508 e. The fourth-order valence-corrected chi connectivity index (χ4v) is 7.22. The van der Waals surface area contributed by atoms with Crippen LogP contribution in [0.25, 0.3) is 0 Å². The number of aryl methyl sites for hydroxylation is 1.